The fourth-order valence-electron chi connectivity index (χ4n) is 2.94. The lowest BCUT2D eigenvalue weighted by atomic mass is 10.0. The van der Waals surface area contributed by atoms with E-state index in [1.807, 2.05) is 12.1 Å². The third kappa shape index (κ3) is 3.41. The van der Waals surface area contributed by atoms with Crippen molar-refractivity contribution >= 4 is 22.7 Å². The summed E-state index contributed by atoms with van der Waals surface area (Å²) >= 11 is 1.66. The zero-order chi connectivity index (χ0) is 16.4. The van der Waals surface area contributed by atoms with Crippen LogP contribution in [0.25, 0.3) is 11.1 Å². The van der Waals surface area contributed by atoms with Crippen molar-refractivity contribution in [2.75, 3.05) is 45.2 Å². The molecule has 0 radical (unpaired) electrons. The Hall–Kier alpha value is -1.44. The standard InChI is InChI=1S/C17H23N3O2S/c1-13-11-23-12-16(13)15-10-14(4-5-17(15)20(21)22-3)19-8-6-18(2)7-9-19/h4-5,10-12,20H,6-9H2,1-3H3. The third-order valence-electron chi connectivity index (χ3n) is 4.42. The number of aryl methyl sites for hydroxylation is 1. The second kappa shape index (κ2) is 6.98. The number of thiophene rings is 1. The highest BCUT2D eigenvalue weighted by Crippen LogP contribution is 2.34. The zero-order valence-electron chi connectivity index (χ0n) is 13.8. The molecule has 1 unspecified atom stereocenters. The van der Waals surface area contributed by atoms with Gasteiger partial charge < -0.3 is 15.0 Å². The predicted octanol–water partition coefficient (Wildman–Crippen LogP) is 2.05. The molecule has 1 N–H and O–H groups in total. The summed E-state index contributed by atoms with van der Waals surface area (Å²) in [6.45, 7) is 6.22. The van der Waals surface area contributed by atoms with Crippen LogP contribution in [0.1, 0.15) is 5.56 Å². The fraction of sp³-hybridized carbons (Fsp3) is 0.412. The minimum atomic E-state index is -0.282. The van der Waals surface area contributed by atoms with Gasteiger partial charge in [0.15, 0.2) is 5.69 Å². The van der Waals surface area contributed by atoms with Gasteiger partial charge in [-0.05, 0) is 42.4 Å². The Morgan fingerprint density at radius 1 is 1.13 bits per heavy atom. The summed E-state index contributed by atoms with van der Waals surface area (Å²) in [6.07, 6.45) is 0. The lowest BCUT2D eigenvalue weighted by Gasteiger charge is -2.34. The van der Waals surface area contributed by atoms with Crippen LogP contribution in [0.2, 0.25) is 0 Å². The predicted molar refractivity (Wildman–Crippen MR) is 95.2 cm³/mol. The maximum atomic E-state index is 12.1. The van der Waals surface area contributed by atoms with Crippen LogP contribution in [-0.2, 0) is 4.84 Å². The summed E-state index contributed by atoms with van der Waals surface area (Å²) in [7, 11) is 3.58. The van der Waals surface area contributed by atoms with Gasteiger partial charge in [-0.2, -0.15) is 16.6 Å². The van der Waals surface area contributed by atoms with Crippen LogP contribution in [0.4, 0.5) is 11.4 Å². The van der Waals surface area contributed by atoms with Crippen LogP contribution in [0.5, 0.6) is 0 Å². The molecule has 6 heteroatoms. The molecule has 1 atom stereocenters. The minimum Gasteiger partial charge on any atom is -0.595 e. The van der Waals surface area contributed by atoms with E-state index in [0.717, 1.165) is 37.3 Å². The summed E-state index contributed by atoms with van der Waals surface area (Å²) in [6, 6.07) is 6.06. The first kappa shape index (κ1) is 16.4. The highest BCUT2D eigenvalue weighted by atomic mass is 32.1. The van der Waals surface area contributed by atoms with Crippen LogP contribution in [0.15, 0.2) is 29.0 Å². The first-order valence-electron chi connectivity index (χ1n) is 7.79. The monoisotopic (exact) mass is 333 g/mol. The van der Waals surface area contributed by atoms with Gasteiger partial charge in [0, 0.05) is 49.1 Å². The largest absolute Gasteiger partial charge is 0.595 e. The summed E-state index contributed by atoms with van der Waals surface area (Å²) in [5, 5.41) is 16.1. The first-order chi connectivity index (χ1) is 11.1. The molecule has 0 aliphatic carbocycles. The van der Waals surface area contributed by atoms with Crippen LogP contribution in [0, 0.1) is 12.1 Å². The molecular formula is C17H23N3O2S. The van der Waals surface area contributed by atoms with E-state index < -0.39 is 0 Å². The van der Waals surface area contributed by atoms with Gasteiger partial charge in [-0.25, -0.2) is 4.84 Å². The summed E-state index contributed by atoms with van der Waals surface area (Å²) < 4.78 is 0. The molecule has 23 heavy (non-hydrogen) atoms. The van der Waals surface area contributed by atoms with Gasteiger partial charge in [-0.3, -0.25) is 0 Å². The van der Waals surface area contributed by atoms with E-state index in [1.54, 1.807) is 11.3 Å². The summed E-state index contributed by atoms with van der Waals surface area (Å²) in [5.41, 5.74) is 5.08. The molecule has 0 bridgehead atoms. The van der Waals surface area contributed by atoms with Crippen molar-refractivity contribution in [1.29, 1.82) is 0 Å². The molecule has 1 aromatic heterocycles. The molecule has 0 amide bonds. The van der Waals surface area contributed by atoms with E-state index in [-0.39, 0.29) is 5.23 Å². The Morgan fingerprint density at radius 2 is 1.87 bits per heavy atom. The van der Waals surface area contributed by atoms with E-state index >= 15 is 0 Å². The fourth-order valence-corrected chi connectivity index (χ4v) is 3.79. The van der Waals surface area contributed by atoms with Crippen molar-refractivity contribution in [3.8, 4) is 11.1 Å². The normalized spacial score (nSPS) is 17.5. The topological polar surface area (TPSA) is 43.2 Å². The highest BCUT2D eigenvalue weighted by Gasteiger charge is 2.19. The van der Waals surface area contributed by atoms with Crippen LogP contribution < -0.4 is 10.1 Å². The average molecular weight is 333 g/mol. The molecule has 1 saturated heterocycles. The zero-order valence-corrected chi connectivity index (χ0v) is 14.7. The lowest BCUT2D eigenvalue weighted by molar-refractivity contribution is -0.992. The summed E-state index contributed by atoms with van der Waals surface area (Å²) in [5.74, 6) is 0. The van der Waals surface area contributed by atoms with E-state index in [2.05, 4.69) is 40.6 Å². The van der Waals surface area contributed by atoms with Gasteiger partial charge in [0.25, 0.3) is 0 Å². The van der Waals surface area contributed by atoms with Gasteiger partial charge in [0.2, 0.25) is 0 Å². The van der Waals surface area contributed by atoms with Crippen molar-refractivity contribution in [1.82, 2.24) is 4.90 Å². The van der Waals surface area contributed by atoms with E-state index in [4.69, 9.17) is 4.84 Å². The minimum absolute atomic E-state index is 0.282. The molecule has 1 aliphatic heterocycles. The first-order valence-corrected chi connectivity index (χ1v) is 8.73. The molecule has 0 saturated carbocycles. The number of hydrogen-bond donors (Lipinski definition) is 1. The molecule has 5 nitrogen and oxygen atoms in total. The van der Waals surface area contributed by atoms with Gasteiger partial charge >= 0.3 is 0 Å². The van der Waals surface area contributed by atoms with Crippen LogP contribution in [0.3, 0.4) is 0 Å². The van der Waals surface area contributed by atoms with E-state index in [0.29, 0.717) is 5.69 Å². The maximum Gasteiger partial charge on any atom is 0.172 e. The number of benzene rings is 1. The van der Waals surface area contributed by atoms with E-state index in [9.17, 15) is 5.21 Å². The number of nitrogens with zero attached hydrogens (tertiary/aromatic N) is 2. The van der Waals surface area contributed by atoms with Crippen molar-refractivity contribution in [2.24, 2.45) is 0 Å². The second-order valence-corrected chi connectivity index (χ2v) is 6.72. The molecular weight excluding hydrogens is 310 g/mol. The maximum absolute atomic E-state index is 12.1. The molecule has 1 fully saturated rings. The number of likely N-dealkylation sites (N-methyl/N-ethyl adjacent to an activating group) is 1. The second-order valence-electron chi connectivity index (χ2n) is 5.98. The van der Waals surface area contributed by atoms with E-state index in [1.165, 1.54) is 18.4 Å². The van der Waals surface area contributed by atoms with Crippen molar-refractivity contribution in [2.45, 2.75) is 6.92 Å². The van der Waals surface area contributed by atoms with Crippen molar-refractivity contribution < 1.29 is 10.1 Å². The molecule has 2 heterocycles. The van der Waals surface area contributed by atoms with Gasteiger partial charge in [-0.15, -0.1) is 0 Å². The Kier molecular flexibility index (Phi) is 4.99. The molecule has 0 spiro atoms. The summed E-state index contributed by atoms with van der Waals surface area (Å²) in [4.78, 5) is 9.68. The van der Waals surface area contributed by atoms with Crippen LogP contribution >= 0.6 is 11.3 Å². The van der Waals surface area contributed by atoms with Gasteiger partial charge in [-0.1, -0.05) is 0 Å². The Morgan fingerprint density at radius 3 is 2.48 bits per heavy atom. The Labute approximate surface area is 141 Å². The number of rotatable bonds is 4. The highest BCUT2D eigenvalue weighted by molar-refractivity contribution is 7.08. The van der Waals surface area contributed by atoms with Crippen LogP contribution in [-0.4, -0.2) is 45.2 Å². The Bertz CT molecular complexity index is 666. The molecule has 124 valence electrons. The Balaban J connectivity index is 2.00. The molecule has 2 aromatic rings. The molecule has 1 aromatic carbocycles. The number of quaternary nitrogens is 1. The average Bonchev–Trinajstić information content (AvgIpc) is 3.00. The molecule has 3 rings (SSSR count). The lowest BCUT2D eigenvalue weighted by Crippen LogP contribution is -3.00. The van der Waals surface area contributed by atoms with Crippen molar-refractivity contribution in [3.05, 3.63) is 39.7 Å². The third-order valence-corrected chi connectivity index (χ3v) is 5.28. The number of piperazine rings is 1. The number of hydrogen-bond acceptors (Lipinski definition) is 5. The number of anilines is 1. The quantitative estimate of drug-likeness (QED) is 0.870. The van der Waals surface area contributed by atoms with Gasteiger partial charge in [0.1, 0.15) is 0 Å². The SMILES string of the molecule is CO[NH+]([O-])c1ccc(N2CCN(C)CC2)cc1-c1cscc1C. The smallest absolute Gasteiger partial charge is 0.172 e. The number of nitrogens with one attached hydrogen (secondary N) is 1. The van der Waals surface area contributed by atoms with Crippen molar-refractivity contribution in [3.63, 3.8) is 0 Å². The van der Waals surface area contributed by atoms with Gasteiger partial charge in [0.05, 0.1) is 7.11 Å². The molecule has 1 aliphatic rings.